The Balaban J connectivity index is 2.23. The number of phenols is 2. The van der Waals surface area contributed by atoms with Crippen LogP contribution in [0.4, 0.5) is 5.95 Å². The Labute approximate surface area is 96.3 Å². The first kappa shape index (κ1) is 10.9. The third-order valence-corrected chi connectivity index (χ3v) is 2.10. The zero-order valence-electron chi connectivity index (χ0n) is 8.95. The Hall–Kier alpha value is -2.57. The molecule has 0 spiro atoms. The van der Waals surface area contributed by atoms with Gasteiger partial charge in [-0.3, -0.25) is 10.1 Å². The van der Waals surface area contributed by atoms with Gasteiger partial charge in [-0.05, 0) is 12.1 Å². The summed E-state index contributed by atoms with van der Waals surface area (Å²) in [6.45, 7) is 0. The Morgan fingerprint density at radius 1 is 1.29 bits per heavy atom. The number of benzene rings is 1. The Morgan fingerprint density at radius 3 is 2.47 bits per heavy atom. The molecule has 0 radical (unpaired) electrons. The molecule has 7 heteroatoms. The molecule has 3 N–H and O–H groups in total. The van der Waals surface area contributed by atoms with Gasteiger partial charge in [0.2, 0.25) is 5.95 Å². The van der Waals surface area contributed by atoms with Gasteiger partial charge in [-0.25, -0.2) is 4.68 Å². The first-order valence-electron chi connectivity index (χ1n) is 4.74. The highest BCUT2D eigenvalue weighted by Gasteiger charge is 2.11. The molecule has 0 aliphatic carbocycles. The number of carbonyl (C=O) groups is 1. The van der Waals surface area contributed by atoms with Crippen LogP contribution in [0.2, 0.25) is 0 Å². The molecule has 1 aromatic heterocycles. The fourth-order valence-corrected chi connectivity index (χ4v) is 1.31. The van der Waals surface area contributed by atoms with E-state index in [2.05, 4.69) is 15.4 Å². The number of hydrogen-bond acceptors (Lipinski definition) is 5. The number of aromatic hydroxyl groups is 2. The first-order valence-corrected chi connectivity index (χ1v) is 4.74. The number of aromatic nitrogens is 3. The third kappa shape index (κ3) is 2.33. The highest BCUT2D eigenvalue weighted by atomic mass is 16.3. The topological polar surface area (TPSA) is 100 Å². The smallest absolute Gasteiger partial charge is 0.258 e. The summed E-state index contributed by atoms with van der Waals surface area (Å²) in [5.74, 6) is -0.591. The zero-order valence-corrected chi connectivity index (χ0v) is 8.95. The molecule has 0 unspecified atom stereocenters. The third-order valence-electron chi connectivity index (χ3n) is 2.10. The van der Waals surface area contributed by atoms with Crippen LogP contribution in [0, 0.1) is 0 Å². The predicted molar refractivity (Wildman–Crippen MR) is 58.7 cm³/mol. The van der Waals surface area contributed by atoms with E-state index in [9.17, 15) is 15.0 Å². The number of nitrogens with zero attached hydrogens (tertiary/aromatic N) is 3. The van der Waals surface area contributed by atoms with Crippen LogP contribution in [0.15, 0.2) is 24.5 Å². The number of hydrogen-bond donors (Lipinski definition) is 3. The monoisotopic (exact) mass is 234 g/mol. The van der Waals surface area contributed by atoms with Crippen molar-refractivity contribution in [1.29, 1.82) is 0 Å². The molecule has 7 nitrogen and oxygen atoms in total. The maximum Gasteiger partial charge on any atom is 0.258 e. The number of amides is 1. The van der Waals surface area contributed by atoms with E-state index < -0.39 is 5.91 Å². The molecule has 1 heterocycles. The van der Waals surface area contributed by atoms with Gasteiger partial charge in [0.25, 0.3) is 5.91 Å². The van der Waals surface area contributed by atoms with Crippen molar-refractivity contribution in [3.05, 3.63) is 30.1 Å². The maximum absolute atomic E-state index is 11.8. The lowest BCUT2D eigenvalue weighted by Gasteiger charge is -2.04. The van der Waals surface area contributed by atoms with E-state index >= 15 is 0 Å². The van der Waals surface area contributed by atoms with Crippen molar-refractivity contribution in [2.75, 3.05) is 5.32 Å². The molecule has 1 amide bonds. The molecule has 1 aromatic carbocycles. The van der Waals surface area contributed by atoms with E-state index in [1.54, 1.807) is 7.05 Å². The van der Waals surface area contributed by atoms with Gasteiger partial charge in [0.05, 0.1) is 0 Å². The van der Waals surface area contributed by atoms with Crippen LogP contribution in [0.1, 0.15) is 10.4 Å². The number of carbonyl (C=O) groups excluding carboxylic acids is 1. The van der Waals surface area contributed by atoms with E-state index in [-0.39, 0.29) is 23.0 Å². The Morgan fingerprint density at radius 2 is 1.94 bits per heavy atom. The molecule has 88 valence electrons. The SMILES string of the molecule is Cn1ncnc1NC(=O)c1cc(O)cc(O)c1. The molecule has 0 saturated heterocycles. The Kier molecular flexibility index (Phi) is 2.65. The summed E-state index contributed by atoms with van der Waals surface area (Å²) in [5, 5.41) is 24.8. The number of phenolic OH excluding ortho intramolecular Hbond substituents is 2. The van der Waals surface area contributed by atoms with Crippen LogP contribution in [-0.2, 0) is 7.05 Å². The molecule has 0 bridgehead atoms. The Bertz CT molecular complexity index is 544. The number of anilines is 1. The van der Waals surface area contributed by atoms with E-state index in [0.717, 1.165) is 6.07 Å². The second-order valence-corrected chi connectivity index (χ2v) is 3.40. The minimum Gasteiger partial charge on any atom is -0.508 e. The molecule has 0 saturated carbocycles. The lowest BCUT2D eigenvalue weighted by Crippen LogP contribution is -2.15. The average molecular weight is 234 g/mol. The molecular formula is C10H10N4O3. The summed E-state index contributed by atoms with van der Waals surface area (Å²) in [6, 6.07) is 3.62. The van der Waals surface area contributed by atoms with Crippen molar-refractivity contribution < 1.29 is 15.0 Å². The number of nitrogens with one attached hydrogen (secondary N) is 1. The summed E-state index contributed by atoms with van der Waals surface area (Å²) in [5.41, 5.74) is 0.130. The summed E-state index contributed by atoms with van der Waals surface area (Å²) in [6.07, 6.45) is 1.30. The molecule has 0 atom stereocenters. The fraction of sp³-hybridized carbons (Fsp3) is 0.100. The minimum atomic E-state index is -0.493. The van der Waals surface area contributed by atoms with Gasteiger partial charge >= 0.3 is 0 Å². The van der Waals surface area contributed by atoms with Gasteiger partial charge < -0.3 is 10.2 Å². The van der Waals surface area contributed by atoms with E-state index in [4.69, 9.17) is 0 Å². The van der Waals surface area contributed by atoms with Gasteiger partial charge in [0.1, 0.15) is 17.8 Å². The number of aryl methyl sites for hydroxylation is 1. The fourth-order valence-electron chi connectivity index (χ4n) is 1.31. The molecule has 2 aromatic rings. The average Bonchev–Trinajstić information content (AvgIpc) is 2.63. The highest BCUT2D eigenvalue weighted by Crippen LogP contribution is 2.20. The lowest BCUT2D eigenvalue weighted by atomic mass is 10.2. The quantitative estimate of drug-likeness (QED) is 0.701. The van der Waals surface area contributed by atoms with Gasteiger partial charge in [-0.1, -0.05) is 0 Å². The van der Waals surface area contributed by atoms with Gasteiger partial charge in [0.15, 0.2) is 0 Å². The van der Waals surface area contributed by atoms with Crippen molar-refractivity contribution in [1.82, 2.24) is 14.8 Å². The normalized spacial score (nSPS) is 10.2. The second-order valence-electron chi connectivity index (χ2n) is 3.40. The highest BCUT2D eigenvalue weighted by molar-refractivity contribution is 6.03. The van der Waals surface area contributed by atoms with Crippen LogP contribution in [-0.4, -0.2) is 30.9 Å². The molecule has 0 aliphatic rings. The van der Waals surface area contributed by atoms with Gasteiger partial charge in [0, 0.05) is 18.7 Å². The van der Waals surface area contributed by atoms with Gasteiger partial charge in [-0.15, -0.1) is 0 Å². The van der Waals surface area contributed by atoms with Crippen LogP contribution in [0.25, 0.3) is 0 Å². The van der Waals surface area contributed by atoms with Crippen molar-refractivity contribution >= 4 is 11.9 Å². The lowest BCUT2D eigenvalue weighted by molar-refractivity contribution is 0.102. The molecule has 17 heavy (non-hydrogen) atoms. The molecule has 2 rings (SSSR count). The van der Waals surface area contributed by atoms with Crippen molar-refractivity contribution in [2.45, 2.75) is 0 Å². The van der Waals surface area contributed by atoms with Crippen LogP contribution < -0.4 is 5.32 Å². The maximum atomic E-state index is 11.8. The minimum absolute atomic E-state index is 0.130. The van der Waals surface area contributed by atoms with E-state index in [1.807, 2.05) is 0 Å². The van der Waals surface area contributed by atoms with E-state index in [1.165, 1.54) is 23.1 Å². The number of rotatable bonds is 2. The van der Waals surface area contributed by atoms with Crippen LogP contribution >= 0.6 is 0 Å². The zero-order chi connectivity index (χ0) is 12.4. The van der Waals surface area contributed by atoms with Crippen LogP contribution in [0.3, 0.4) is 0 Å². The summed E-state index contributed by atoms with van der Waals surface area (Å²) >= 11 is 0. The molecule has 0 fully saturated rings. The van der Waals surface area contributed by atoms with Crippen molar-refractivity contribution in [2.24, 2.45) is 7.05 Å². The predicted octanol–water partition coefficient (Wildman–Crippen LogP) is 0.479. The standard InChI is InChI=1S/C10H10N4O3/c1-14-10(11-5-12-14)13-9(17)6-2-7(15)4-8(16)3-6/h2-5,15-16H,1H3,(H,11,12,13,17). The largest absolute Gasteiger partial charge is 0.508 e. The second kappa shape index (κ2) is 4.12. The molecule has 0 aliphatic heterocycles. The summed E-state index contributed by atoms with van der Waals surface area (Å²) in [7, 11) is 1.63. The summed E-state index contributed by atoms with van der Waals surface area (Å²) in [4.78, 5) is 15.6. The van der Waals surface area contributed by atoms with Crippen LogP contribution in [0.5, 0.6) is 11.5 Å². The summed E-state index contributed by atoms with van der Waals surface area (Å²) < 4.78 is 1.39. The van der Waals surface area contributed by atoms with E-state index in [0.29, 0.717) is 0 Å². The first-order chi connectivity index (χ1) is 8.06. The molecular weight excluding hydrogens is 224 g/mol. The van der Waals surface area contributed by atoms with Crippen molar-refractivity contribution in [3.63, 3.8) is 0 Å². The van der Waals surface area contributed by atoms with Gasteiger partial charge in [-0.2, -0.15) is 10.1 Å². The van der Waals surface area contributed by atoms with Crippen molar-refractivity contribution in [3.8, 4) is 11.5 Å².